The Hall–Kier alpha value is -1.25. The normalized spacial score (nSPS) is 27.7. The zero-order chi connectivity index (χ0) is 17.4. The van der Waals surface area contributed by atoms with E-state index in [9.17, 15) is 4.79 Å². The first kappa shape index (κ1) is 17.6. The molecule has 0 saturated carbocycles. The lowest BCUT2D eigenvalue weighted by atomic mass is 9.92. The molecule has 0 radical (unpaired) electrons. The zero-order valence-electron chi connectivity index (χ0n) is 14.8. The molecule has 1 aromatic rings. The second-order valence-corrected chi connectivity index (χ2v) is 8.43. The minimum atomic E-state index is -0.493. The number of rotatable bonds is 2. The number of morpholine rings is 1. The Morgan fingerprint density at radius 1 is 1.50 bits per heavy atom. The van der Waals surface area contributed by atoms with Gasteiger partial charge in [0.25, 0.3) is 0 Å². The van der Waals surface area contributed by atoms with Gasteiger partial charge in [0.2, 0.25) is 0 Å². The maximum Gasteiger partial charge on any atom is 0.410 e. The van der Waals surface area contributed by atoms with E-state index in [0.29, 0.717) is 19.7 Å². The molecule has 2 atom stereocenters. The van der Waals surface area contributed by atoms with Crippen LogP contribution in [-0.2, 0) is 15.9 Å². The molecule has 2 aliphatic rings. The lowest BCUT2D eigenvalue weighted by Gasteiger charge is -2.40. The first-order chi connectivity index (χ1) is 11.3. The van der Waals surface area contributed by atoms with Gasteiger partial charge in [-0.2, -0.15) is 0 Å². The van der Waals surface area contributed by atoms with Gasteiger partial charge < -0.3 is 19.7 Å². The number of ether oxygens (including phenoxy) is 2. The summed E-state index contributed by atoms with van der Waals surface area (Å²) in [5.74, 6) is 0. The van der Waals surface area contributed by atoms with Crippen molar-refractivity contribution in [2.45, 2.75) is 57.8 Å². The first-order valence-electron chi connectivity index (χ1n) is 8.50. The van der Waals surface area contributed by atoms with Gasteiger partial charge in [0.05, 0.1) is 19.2 Å². The molecule has 0 aromatic carbocycles. The van der Waals surface area contributed by atoms with Gasteiger partial charge in [-0.3, -0.25) is 0 Å². The molecule has 1 amide bonds. The van der Waals surface area contributed by atoms with Crippen LogP contribution < -0.4 is 5.32 Å². The van der Waals surface area contributed by atoms with Crippen molar-refractivity contribution in [2.24, 2.45) is 0 Å². The topological polar surface area (TPSA) is 76.6 Å². The number of carbonyl (C=O) groups excluding carboxylic acids is 1. The fourth-order valence-electron chi connectivity index (χ4n) is 3.21. The second-order valence-electron chi connectivity index (χ2n) is 7.34. The second kappa shape index (κ2) is 6.57. The molecule has 2 saturated heterocycles. The van der Waals surface area contributed by atoms with Crippen LogP contribution in [0.2, 0.25) is 0 Å². The van der Waals surface area contributed by atoms with E-state index in [1.54, 1.807) is 16.2 Å². The number of likely N-dealkylation sites (tertiary alicyclic amines) is 1. The van der Waals surface area contributed by atoms with E-state index in [1.807, 2.05) is 20.8 Å². The van der Waals surface area contributed by atoms with Gasteiger partial charge in [0.15, 0.2) is 0 Å². The van der Waals surface area contributed by atoms with Gasteiger partial charge in [0.1, 0.15) is 21.2 Å². The summed E-state index contributed by atoms with van der Waals surface area (Å²) in [5, 5.41) is 14.1. The molecular formula is C16H26N4O3S. The number of hydrogen-bond donors (Lipinski definition) is 1. The van der Waals surface area contributed by atoms with Crippen LogP contribution in [0.1, 0.15) is 50.2 Å². The number of nitrogens with one attached hydrogen (secondary N) is 1. The van der Waals surface area contributed by atoms with E-state index in [0.717, 1.165) is 29.4 Å². The smallest absolute Gasteiger partial charge is 0.410 e. The summed E-state index contributed by atoms with van der Waals surface area (Å²) in [6, 6.07) is -0.0310. The SMILES string of the molecule is CCc1nnc(C2NCCOC23CCN(C(=O)OC(C)(C)C)C3)s1. The summed E-state index contributed by atoms with van der Waals surface area (Å²) in [7, 11) is 0. The lowest BCUT2D eigenvalue weighted by molar-refractivity contribution is -0.0903. The third-order valence-corrected chi connectivity index (χ3v) is 5.45. The minimum Gasteiger partial charge on any atom is -0.444 e. The summed E-state index contributed by atoms with van der Waals surface area (Å²) in [6.45, 7) is 10.3. The van der Waals surface area contributed by atoms with Gasteiger partial charge in [0, 0.05) is 13.1 Å². The standard InChI is InChI=1S/C16H26N4O3S/c1-5-11-18-19-13(24-11)12-16(22-9-7-17-12)6-8-20(10-16)14(21)23-15(2,3)4/h12,17H,5-10H2,1-4H3. The Balaban J connectivity index is 1.76. The molecule has 1 N–H and O–H groups in total. The van der Waals surface area contributed by atoms with Crippen LogP contribution >= 0.6 is 11.3 Å². The number of amides is 1. The van der Waals surface area contributed by atoms with Crippen LogP contribution in [0.25, 0.3) is 0 Å². The molecule has 2 fully saturated rings. The highest BCUT2D eigenvalue weighted by atomic mass is 32.1. The van der Waals surface area contributed by atoms with E-state index in [1.165, 1.54) is 0 Å². The Morgan fingerprint density at radius 2 is 2.29 bits per heavy atom. The molecule has 2 unspecified atom stereocenters. The fraction of sp³-hybridized carbons (Fsp3) is 0.812. The van der Waals surface area contributed by atoms with Gasteiger partial charge in [-0.25, -0.2) is 4.79 Å². The van der Waals surface area contributed by atoms with Crippen LogP contribution in [0.4, 0.5) is 4.79 Å². The van der Waals surface area contributed by atoms with Crippen LogP contribution in [0.3, 0.4) is 0 Å². The van der Waals surface area contributed by atoms with Crippen molar-refractivity contribution in [3.05, 3.63) is 10.0 Å². The molecule has 3 heterocycles. The molecule has 0 bridgehead atoms. The Kier molecular flexibility index (Phi) is 4.81. The number of hydrogen-bond acceptors (Lipinski definition) is 7. The first-order valence-corrected chi connectivity index (χ1v) is 9.32. The van der Waals surface area contributed by atoms with E-state index < -0.39 is 11.2 Å². The molecule has 134 valence electrons. The molecule has 1 aromatic heterocycles. The van der Waals surface area contributed by atoms with Gasteiger partial charge in [-0.15, -0.1) is 10.2 Å². The van der Waals surface area contributed by atoms with Crippen molar-refractivity contribution in [3.63, 3.8) is 0 Å². The number of aryl methyl sites for hydroxylation is 1. The van der Waals surface area contributed by atoms with Crippen molar-refractivity contribution in [2.75, 3.05) is 26.2 Å². The van der Waals surface area contributed by atoms with Gasteiger partial charge in [-0.05, 0) is 33.6 Å². The Bertz CT molecular complexity index is 600. The third kappa shape index (κ3) is 3.55. The predicted octanol–water partition coefficient (Wildman–Crippen LogP) is 2.14. The maximum atomic E-state index is 12.4. The summed E-state index contributed by atoms with van der Waals surface area (Å²) < 4.78 is 11.7. The molecular weight excluding hydrogens is 328 g/mol. The van der Waals surface area contributed by atoms with Crippen LogP contribution in [0.15, 0.2) is 0 Å². The molecule has 24 heavy (non-hydrogen) atoms. The number of nitrogens with zero attached hydrogens (tertiary/aromatic N) is 3. The quantitative estimate of drug-likeness (QED) is 0.877. The number of carbonyl (C=O) groups is 1. The van der Waals surface area contributed by atoms with E-state index >= 15 is 0 Å². The van der Waals surface area contributed by atoms with E-state index in [4.69, 9.17) is 9.47 Å². The zero-order valence-corrected chi connectivity index (χ0v) is 15.6. The van der Waals surface area contributed by atoms with E-state index in [2.05, 4.69) is 22.4 Å². The largest absolute Gasteiger partial charge is 0.444 e. The van der Waals surface area contributed by atoms with Crippen molar-refractivity contribution < 1.29 is 14.3 Å². The van der Waals surface area contributed by atoms with Crippen LogP contribution in [-0.4, -0.2) is 58.6 Å². The highest BCUT2D eigenvalue weighted by Crippen LogP contribution is 2.40. The molecule has 7 nitrogen and oxygen atoms in total. The van der Waals surface area contributed by atoms with Gasteiger partial charge >= 0.3 is 6.09 Å². The molecule has 8 heteroatoms. The summed E-state index contributed by atoms with van der Waals surface area (Å²) in [5.41, 5.74) is -0.938. The van der Waals surface area contributed by atoms with Gasteiger partial charge in [-0.1, -0.05) is 18.3 Å². The Morgan fingerprint density at radius 3 is 2.96 bits per heavy atom. The Labute approximate surface area is 146 Å². The number of aromatic nitrogens is 2. The monoisotopic (exact) mass is 354 g/mol. The van der Waals surface area contributed by atoms with Crippen LogP contribution in [0, 0.1) is 0 Å². The summed E-state index contributed by atoms with van der Waals surface area (Å²) in [4.78, 5) is 14.1. The third-order valence-electron chi connectivity index (χ3n) is 4.31. The molecule has 3 rings (SSSR count). The highest BCUT2D eigenvalue weighted by molar-refractivity contribution is 7.11. The minimum absolute atomic E-state index is 0.0310. The van der Waals surface area contributed by atoms with Crippen molar-refractivity contribution in [3.8, 4) is 0 Å². The average Bonchev–Trinajstić information content (AvgIpc) is 3.14. The van der Waals surface area contributed by atoms with Crippen molar-refractivity contribution >= 4 is 17.4 Å². The molecule has 2 aliphatic heterocycles. The molecule has 1 spiro atoms. The summed E-state index contributed by atoms with van der Waals surface area (Å²) >= 11 is 1.62. The highest BCUT2D eigenvalue weighted by Gasteiger charge is 2.51. The van der Waals surface area contributed by atoms with E-state index in [-0.39, 0.29) is 12.1 Å². The average molecular weight is 354 g/mol. The lowest BCUT2D eigenvalue weighted by Crippen LogP contribution is -2.54. The van der Waals surface area contributed by atoms with Crippen molar-refractivity contribution in [1.82, 2.24) is 20.4 Å². The van der Waals surface area contributed by atoms with Crippen LogP contribution in [0.5, 0.6) is 0 Å². The molecule has 0 aliphatic carbocycles. The predicted molar refractivity (Wildman–Crippen MR) is 91.1 cm³/mol. The fourth-order valence-corrected chi connectivity index (χ4v) is 4.17. The van der Waals surface area contributed by atoms with Crippen molar-refractivity contribution in [1.29, 1.82) is 0 Å². The summed E-state index contributed by atoms with van der Waals surface area (Å²) in [6.07, 6.45) is 1.37. The maximum absolute atomic E-state index is 12.4.